The van der Waals surface area contributed by atoms with Gasteiger partial charge in [0.1, 0.15) is 0 Å². The van der Waals surface area contributed by atoms with E-state index >= 15 is 0 Å². The van der Waals surface area contributed by atoms with E-state index in [-0.39, 0.29) is 12.3 Å². The summed E-state index contributed by atoms with van der Waals surface area (Å²) in [5.74, 6) is 0. The van der Waals surface area contributed by atoms with Crippen molar-refractivity contribution in [3.63, 3.8) is 0 Å². The molecule has 0 aromatic rings. The van der Waals surface area contributed by atoms with Crippen LogP contribution in [0.25, 0.3) is 0 Å². The second-order valence-electron chi connectivity index (χ2n) is 3.16. The van der Waals surface area contributed by atoms with E-state index in [0.29, 0.717) is 19.1 Å². The van der Waals surface area contributed by atoms with E-state index in [1.807, 2.05) is 6.92 Å². The molecule has 4 nitrogen and oxygen atoms in total. The maximum absolute atomic E-state index is 11.5. The van der Waals surface area contributed by atoms with Crippen molar-refractivity contribution in [1.29, 1.82) is 0 Å². The first-order valence-corrected chi connectivity index (χ1v) is 6.62. The quantitative estimate of drug-likeness (QED) is 0.614. The van der Waals surface area contributed by atoms with Crippen LogP contribution in [0.2, 0.25) is 0 Å². The lowest BCUT2D eigenvalue weighted by Gasteiger charge is -2.17. The molecule has 5 heteroatoms. The van der Waals surface area contributed by atoms with Crippen LogP contribution in [0, 0.1) is 0 Å². The zero-order valence-electron chi connectivity index (χ0n) is 8.40. The predicted octanol–water partition coefficient (Wildman–Crippen LogP) is 1.03. The Bertz CT molecular complexity index is 171. The van der Waals surface area contributed by atoms with Crippen molar-refractivity contribution in [1.82, 2.24) is 0 Å². The molecule has 0 aliphatic rings. The molecule has 0 aromatic carbocycles. The van der Waals surface area contributed by atoms with Gasteiger partial charge in [-0.1, -0.05) is 6.92 Å². The van der Waals surface area contributed by atoms with E-state index in [1.165, 1.54) is 0 Å². The zero-order chi connectivity index (χ0) is 10.3. The van der Waals surface area contributed by atoms with Gasteiger partial charge >= 0.3 is 0 Å². The van der Waals surface area contributed by atoms with Gasteiger partial charge in [-0.2, -0.15) is 0 Å². The van der Waals surface area contributed by atoms with Gasteiger partial charge in [-0.25, -0.2) is 0 Å². The van der Waals surface area contributed by atoms with Gasteiger partial charge in [-0.05, 0) is 19.4 Å². The highest BCUT2D eigenvalue weighted by Gasteiger charge is 2.22. The van der Waals surface area contributed by atoms with Crippen LogP contribution in [0.3, 0.4) is 0 Å². The largest absolute Gasteiger partial charge is 0.381 e. The van der Waals surface area contributed by atoms with Crippen LogP contribution >= 0.6 is 7.37 Å². The minimum Gasteiger partial charge on any atom is -0.381 e. The van der Waals surface area contributed by atoms with Crippen molar-refractivity contribution in [3.05, 3.63) is 0 Å². The highest BCUT2D eigenvalue weighted by molar-refractivity contribution is 7.58. The second kappa shape index (κ2) is 6.55. The topological polar surface area (TPSA) is 72.5 Å². The van der Waals surface area contributed by atoms with Gasteiger partial charge in [0.25, 0.3) is 0 Å². The molecule has 13 heavy (non-hydrogen) atoms. The molecule has 0 radical (unpaired) electrons. The second-order valence-corrected chi connectivity index (χ2v) is 5.67. The molecule has 2 unspecified atom stereocenters. The Kier molecular flexibility index (Phi) is 6.60. The molecular weight excluding hydrogens is 189 g/mol. The van der Waals surface area contributed by atoms with Crippen molar-refractivity contribution in [2.45, 2.75) is 25.9 Å². The Morgan fingerprint density at radius 1 is 1.62 bits per heavy atom. The Balaban J connectivity index is 3.91. The molecule has 0 amide bonds. The maximum Gasteiger partial charge on any atom is 0.203 e. The first-order chi connectivity index (χ1) is 6.05. The average Bonchev–Trinajstić information content (AvgIpc) is 2.11. The number of ether oxygens (including phenoxy) is 1. The van der Waals surface area contributed by atoms with E-state index in [9.17, 15) is 9.46 Å². The van der Waals surface area contributed by atoms with Crippen LogP contribution in [0.5, 0.6) is 0 Å². The highest BCUT2D eigenvalue weighted by atomic mass is 31.2. The molecule has 0 aliphatic heterocycles. The van der Waals surface area contributed by atoms with E-state index in [2.05, 4.69) is 0 Å². The summed E-state index contributed by atoms with van der Waals surface area (Å²) in [6, 6.07) is 0. The van der Waals surface area contributed by atoms with Gasteiger partial charge in [0.2, 0.25) is 7.37 Å². The highest BCUT2D eigenvalue weighted by Crippen LogP contribution is 2.42. The van der Waals surface area contributed by atoms with Gasteiger partial charge in [-0.3, -0.25) is 4.57 Å². The normalized spacial score (nSPS) is 18.2. The lowest BCUT2D eigenvalue weighted by Crippen LogP contribution is -2.16. The summed E-state index contributed by atoms with van der Waals surface area (Å²) in [5, 5.41) is 0. The number of methoxy groups -OCH3 is 1. The van der Waals surface area contributed by atoms with Gasteiger partial charge in [0.15, 0.2) is 0 Å². The summed E-state index contributed by atoms with van der Waals surface area (Å²) >= 11 is 0. The van der Waals surface area contributed by atoms with Crippen molar-refractivity contribution < 1.29 is 14.2 Å². The number of nitrogens with two attached hydrogens (primary N) is 1. The molecule has 0 heterocycles. The average molecular weight is 209 g/mol. The van der Waals surface area contributed by atoms with E-state index in [1.54, 1.807) is 7.11 Å². The molecule has 0 saturated carbocycles. The van der Waals surface area contributed by atoms with Crippen LogP contribution < -0.4 is 5.73 Å². The minimum absolute atomic E-state index is 0.103. The van der Waals surface area contributed by atoms with Gasteiger partial charge in [0, 0.05) is 13.3 Å². The summed E-state index contributed by atoms with van der Waals surface area (Å²) in [7, 11) is -1.44. The molecule has 2 atom stereocenters. The third kappa shape index (κ3) is 6.22. The van der Waals surface area contributed by atoms with Crippen LogP contribution in [-0.2, 0) is 9.30 Å². The standard InChI is InChI=1S/C8H20NO3P/c1-3-8(12-2)7-13(10,11)6-4-5-9/h8H,3-7,9H2,1-2H3,(H,10,11). The van der Waals surface area contributed by atoms with E-state index in [4.69, 9.17) is 10.5 Å². The molecule has 0 aliphatic carbocycles. The molecule has 3 N–H and O–H groups in total. The third-order valence-corrected chi connectivity index (χ3v) is 3.98. The molecule has 0 rings (SSSR count). The van der Waals surface area contributed by atoms with Crippen LogP contribution in [-0.4, -0.2) is 37.0 Å². The number of rotatable bonds is 7. The SMILES string of the molecule is CCC(CP(=O)(O)CCCN)OC. The molecule has 80 valence electrons. The third-order valence-electron chi connectivity index (χ3n) is 1.99. The van der Waals surface area contributed by atoms with Gasteiger partial charge in [-0.15, -0.1) is 0 Å². The maximum atomic E-state index is 11.5. The summed E-state index contributed by atoms with van der Waals surface area (Å²) in [6.45, 7) is 2.41. The first kappa shape index (κ1) is 13.1. The molecular formula is C8H20NO3P. The summed E-state index contributed by atoms with van der Waals surface area (Å²) in [4.78, 5) is 9.50. The Hall–Kier alpha value is 0.110. The lowest BCUT2D eigenvalue weighted by atomic mass is 10.3. The van der Waals surface area contributed by atoms with Gasteiger partial charge < -0.3 is 15.4 Å². The van der Waals surface area contributed by atoms with Crippen LogP contribution in [0.15, 0.2) is 0 Å². The molecule has 0 saturated heterocycles. The molecule has 0 fully saturated rings. The molecule has 0 spiro atoms. The Morgan fingerprint density at radius 3 is 2.62 bits per heavy atom. The van der Waals surface area contributed by atoms with Gasteiger partial charge in [0.05, 0.1) is 12.3 Å². The molecule has 0 aromatic heterocycles. The fourth-order valence-electron chi connectivity index (χ4n) is 1.12. The zero-order valence-corrected chi connectivity index (χ0v) is 9.30. The van der Waals surface area contributed by atoms with E-state index < -0.39 is 7.37 Å². The number of hydrogen-bond donors (Lipinski definition) is 2. The lowest BCUT2D eigenvalue weighted by molar-refractivity contribution is 0.115. The van der Waals surface area contributed by atoms with Crippen LogP contribution in [0.4, 0.5) is 0 Å². The fourth-order valence-corrected chi connectivity index (χ4v) is 3.02. The minimum atomic E-state index is -3.00. The summed E-state index contributed by atoms with van der Waals surface area (Å²) in [5.41, 5.74) is 5.27. The Labute approximate surface area is 79.9 Å². The summed E-state index contributed by atoms with van der Waals surface area (Å²) < 4.78 is 16.6. The monoisotopic (exact) mass is 209 g/mol. The first-order valence-electron chi connectivity index (χ1n) is 4.59. The summed E-state index contributed by atoms with van der Waals surface area (Å²) in [6.07, 6.45) is 1.83. The van der Waals surface area contributed by atoms with Crippen LogP contribution in [0.1, 0.15) is 19.8 Å². The smallest absolute Gasteiger partial charge is 0.203 e. The number of hydrogen-bond acceptors (Lipinski definition) is 3. The van der Waals surface area contributed by atoms with Crippen molar-refractivity contribution in [2.24, 2.45) is 5.73 Å². The van der Waals surface area contributed by atoms with Crippen molar-refractivity contribution >= 4 is 7.37 Å². The van der Waals surface area contributed by atoms with E-state index in [0.717, 1.165) is 6.42 Å². The Morgan fingerprint density at radius 2 is 2.23 bits per heavy atom. The molecule has 0 bridgehead atoms. The predicted molar refractivity (Wildman–Crippen MR) is 54.3 cm³/mol. The van der Waals surface area contributed by atoms with Crippen molar-refractivity contribution in [2.75, 3.05) is 26.0 Å². The fraction of sp³-hybridized carbons (Fsp3) is 1.00. The van der Waals surface area contributed by atoms with Crippen molar-refractivity contribution in [3.8, 4) is 0 Å².